The molecule has 1 amide bonds. The van der Waals surface area contributed by atoms with Crippen molar-refractivity contribution in [1.29, 1.82) is 0 Å². The number of hydrogen-bond donors (Lipinski definition) is 2. The third-order valence-corrected chi connectivity index (χ3v) is 7.94. The summed E-state index contributed by atoms with van der Waals surface area (Å²) in [5.41, 5.74) is 7.16. The number of carbonyl (C=O) groups is 1. The molecule has 1 fully saturated rings. The Morgan fingerprint density at radius 3 is 2.41 bits per heavy atom. The molecule has 1 aromatic carbocycles. The van der Waals surface area contributed by atoms with Crippen molar-refractivity contribution in [3.05, 3.63) is 59.9 Å². The van der Waals surface area contributed by atoms with Gasteiger partial charge in [0.15, 0.2) is 5.69 Å². The zero-order valence-electron chi connectivity index (χ0n) is 16.8. The number of nitrogens with two attached hydrogens (primary N) is 1. The Morgan fingerprint density at radius 2 is 1.83 bits per heavy atom. The van der Waals surface area contributed by atoms with Crippen molar-refractivity contribution in [3.8, 4) is 0 Å². The lowest BCUT2D eigenvalue weighted by atomic mass is 9.73. The highest BCUT2D eigenvalue weighted by Crippen LogP contribution is 2.36. The summed E-state index contributed by atoms with van der Waals surface area (Å²) in [6, 6.07) is 13.3. The molecule has 156 valence electrons. The van der Waals surface area contributed by atoms with E-state index in [-0.39, 0.29) is 17.0 Å². The number of nitrogens with one attached hydrogen (secondary N) is 1. The van der Waals surface area contributed by atoms with Crippen LogP contribution >= 0.6 is 0 Å². The monoisotopic (exact) mass is 416 g/mol. The molecule has 0 aliphatic carbocycles. The van der Waals surface area contributed by atoms with E-state index in [1.807, 2.05) is 30.3 Å². The molecular weight excluding hydrogens is 388 g/mol. The molecule has 8 heteroatoms. The van der Waals surface area contributed by atoms with Crippen LogP contribution in [0.3, 0.4) is 0 Å². The zero-order valence-corrected chi connectivity index (χ0v) is 17.7. The molecule has 1 aliphatic rings. The van der Waals surface area contributed by atoms with Gasteiger partial charge in [0.1, 0.15) is 0 Å². The molecule has 0 radical (unpaired) electrons. The van der Waals surface area contributed by atoms with Crippen molar-refractivity contribution >= 4 is 21.6 Å². The van der Waals surface area contributed by atoms with E-state index in [2.05, 4.69) is 10.3 Å². The van der Waals surface area contributed by atoms with Crippen LogP contribution in [0.5, 0.6) is 0 Å². The summed E-state index contributed by atoms with van der Waals surface area (Å²) in [6.45, 7) is 4.65. The number of anilines is 1. The molecule has 0 spiro atoms. The van der Waals surface area contributed by atoms with E-state index in [4.69, 9.17) is 5.73 Å². The van der Waals surface area contributed by atoms with Crippen molar-refractivity contribution in [3.63, 3.8) is 0 Å². The maximum Gasteiger partial charge on any atom is 0.272 e. The maximum absolute atomic E-state index is 12.6. The average molecular weight is 417 g/mol. The standard InChI is InChI=1S/C21H28N4O3S/c1-16(2)29(27,28)25-13-10-21(11-14-25,17-7-4-3-5-8-17)15-24-20(26)19-18(22)9-6-12-23-19/h3-9,12,16H,10-11,13-15,22H2,1-2H3,(H,24,26). The zero-order chi connectivity index (χ0) is 21.1. The van der Waals surface area contributed by atoms with Gasteiger partial charge in [-0.2, -0.15) is 0 Å². The lowest BCUT2D eigenvalue weighted by molar-refractivity contribution is 0.0929. The summed E-state index contributed by atoms with van der Waals surface area (Å²) < 4.78 is 26.7. The van der Waals surface area contributed by atoms with E-state index in [1.165, 1.54) is 6.20 Å². The lowest BCUT2D eigenvalue weighted by Crippen LogP contribution is -2.51. The topological polar surface area (TPSA) is 105 Å². The molecule has 7 nitrogen and oxygen atoms in total. The van der Waals surface area contributed by atoms with E-state index >= 15 is 0 Å². The first-order chi connectivity index (χ1) is 13.8. The van der Waals surface area contributed by atoms with Crippen LogP contribution in [-0.2, 0) is 15.4 Å². The molecule has 0 saturated carbocycles. The van der Waals surface area contributed by atoms with E-state index in [0.717, 1.165) is 5.56 Å². The van der Waals surface area contributed by atoms with Crippen LogP contribution in [-0.4, -0.2) is 48.5 Å². The van der Waals surface area contributed by atoms with Gasteiger partial charge in [-0.05, 0) is 44.4 Å². The normalized spacial score (nSPS) is 17.2. The lowest BCUT2D eigenvalue weighted by Gasteiger charge is -2.42. The van der Waals surface area contributed by atoms with Gasteiger partial charge in [0, 0.05) is 31.2 Å². The number of nitrogen functional groups attached to an aromatic ring is 1. The fourth-order valence-corrected chi connectivity index (χ4v) is 5.05. The number of benzene rings is 1. The van der Waals surface area contributed by atoms with Crippen LogP contribution in [0.2, 0.25) is 0 Å². The number of hydrogen-bond acceptors (Lipinski definition) is 5. The molecule has 0 bridgehead atoms. The fraction of sp³-hybridized carbons (Fsp3) is 0.429. The molecular formula is C21H28N4O3S. The van der Waals surface area contributed by atoms with Crippen LogP contribution in [0, 0.1) is 0 Å². The third kappa shape index (κ3) is 4.43. The molecule has 2 aromatic rings. The number of rotatable bonds is 6. The predicted octanol–water partition coefficient (Wildman–Crippen LogP) is 2.17. The molecule has 3 N–H and O–H groups in total. The van der Waals surface area contributed by atoms with Crippen molar-refractivity contribution in [2.45, 2.75) is 37.4 Å². The highest BCUT2D eigenvalue weighted by molar-refractivity contribution is 7.89. The number of amides is 1. The van der Waals surface area contributed by atoms with E-state index < -0.39 is 15.3 Å². The van der Waals surface area contributed by atoms with Crippen LogP contribution in [0.4, 0.5) is 5.69 Å². The highest BCUT2D eigenvalue weighted by atomic mass is 32.2. The van der Waals surface area contributed by atoms with Gasteiger partial charge in [-0.1, -0.05) is 30.3 Å². The summed E-state index contributed by atoms with van der Waals surface area (Å²) >= 11 is 0. The van der Waals surface area contributed by atoms with Gasteiger partial charge >= 0.3 is 0 Å². The Bertz CT molecular complexity index is 953. The van der Waals surface area contributed by atoms with Gasteiger partial charge in [0.25, 0.3) is 5.91 Å². The van der Waals surface area contributed by atoms with E-state index in [0.29, 0.717) is 38.2 Å². The molecule has 1 aliphatic heterocycles. The van der Waals surface area contributed by atoms with Crippen LogP contribution < -0.4 is 11.1 Å². The molecule has 1 aromatic heterocycles. The number of sulfonamides is 1. The van der Waals surface area contributed by atoms with Gasteiger partial charge in [-0.25, -0.2) is 17.7 Å². The van der Waals surface area contributed by atoms with Crippen molar-refractivity contribution in [1.82, 2.24) is 14.6 Å². The fourth-order valence-electron chi connectivity index (χ4n) is 3.77. The number of aromatic nitrogens is 1. The number of carbonyl (C=O) groups excluding carboxylic acids is 1. The maximum atomic E-state index is 12.6. The summed E-state index contributed by atoms with van der Waals surface area (Å²) in [5, 5.41) is 2.53. The average Bonchev–Trinajstić information content (AvgIpc) is 2.73. The molecule has 1 saturated heterocycles. The van der Waals surface area contributed by atoms with Gasteiger partial charge in [0.2, 0.25) is 10.0 Å². The second-order valence-corrected chi connectivity index (χ2v) is 10.3. The summed E-state index contributed by atoms with van der Waals surface area (Å²) in [7, 11) is -3.29. The third-order valence-electron chi connectivity index (χ3n) is 5.66. The minimum absolute atomic E-state index is 0.204. The second-order valence-electron chi connectivity index (χ2n) is 7.76. The van der Waals surface area contributed by atoms with Gasteiger partial charge < -0.3 is 11.1 Å². The first kappa shape index (κ1) is 21.3. The minimum Gasteiger partial charge on any atom is -0.397 e. The molecule has 0 unspecified atom stereocenters. The Labute approximate surface area is 172 Å². The van der Waals surface area contributed by atoms with Crippen LogP contribution in [0.1, 0.15) is 42.7 Å². The second kappa shape index (κ2) is 8.51. The number of pyridine rings is 1. The molecule has 29 heavy (non-hydrogen) atoms. The summed E-state index contributed by atoms with van der Waals surface area (Å²) in [4.78, 5) is 16.7. The quantitative estimate of drug-likeness (QED) is 0.751. The van der Waals surface area contributed by atoms with Crippen LogP contribution in [0.15, 0.2) is 48.7 Å². The first-order valence-corrected chi connectivity index (χ1v) is 11.3. The Balaban J connectivity index is 1.80. The molecule has 2 heterocycles. The van der Waals surface area contributed by atoms with Crippen molar-refractivity contribution in [2.75, 3.05) is 25.4 Å². The Morgan fingerprint density at radius 1 is 1.17 bits per heavy atom. The summed E-state index contributed by atoms with van der Waals surface area (Å²) in [6.07, 6.45) is 2.79. The smallest absolute Gasteiger partial charge is 0.272 e. The number of nitrogens with zero attached hydrogens (tertiary/aromatic N) is 2. The van der Waals surface area contributed by atoms with E-state index in [1.54, 1.807) is 30.3 Å². The van der Waals surface area contributed by atoms with Crippen molar-refractivity contribution < 1.29 is 13.2 Å². The largest absolute Gasteiger partial charge is 0.397 e. The van der Waals surface area contributed by atoms with Crippen molar-refractivity contribution in [2.24, 2.45) is 0 Å². The summed E-state index contributed by atoms with van der Waals surface area (Å²) in [5.74, 6) is -0.323. The molecule has 0 atom stereocenters. The predicted molar refractivity (Wildman–Crippen MR) is 114 cm³/mol. The highest BCUT2D eigenvalue weighted by Gasteiger charge is 2.40. The molecule has 3 rings (SSSR count). The van der Waals surface area contributed by atoms with Crippen LogP contribution in [0.25, 0.3) is 0 Å². The van der Waals surface area contributed by atoms with Gasteiger partial charge in [0.05, 0.1) is 10.9 Å². The Hall–Kier alpha value is -2.45. The SMILES string of the molecule is CC(C)S(=O)(=O)N1CCC(CNC(=O)c2ncccc2N)(c2ccccc2)CC1. The Kier molecular flexibility index (Phi) is 6.24. The van der Waals surface area contributed by atoms with Gasteiger partial charge in [-0.15, -0.1) is 0 Å². The number of piperidine rings is 1. The first-order valence-electron chi connectivity index (χ1n) is 9.79. The minimum atomic E-state index is -3.29. The van der Waals surface area contributed by atoms with Gasteiger partial charge in [-0.3, -0.25) is 4.79 Å². The van der Waals surface area contributed by atoms with E-state index in [9.17, 15) is 13.2 Å².